The van der Waals surface area contributed by atoms with Crippen LogP contribution in [0.5, 0.6) is 0 Å². The zero-order valence-corrected chi connectivity index (χ0v) is 17.8. The number of rotatable bonds is 4. The first-order chi connectivity index (χ1) is 13.8. The number of hydrogen-bond donors (Lipinski definition) is 0. The highest BCUT2D eigenvalue weighted by Gasteiger charge is 2.31. The Kier molecular flexibility index (Phi) is 7.00. The molecule has 0 aromatic heterocycles. The van der Waals surface area contributed by atoms with Gasteiger partial charge in [-0.25, -0.2) is 9.59 Å². The molecule has 2 heterocycles. The third kappa shape index (κ3) is 6.63. The number of hydrogen-bond acceptors (Lipinski definition) is 5. The third-order valence-corrected chi connectivity index (χ3v) is 5.29. The second-order valence-corrected chi connectivity index (χ2v) is 8.91. The standard InChI is InChI=1S/C22H33N3O4/c1-22(2,3)29-21(27)24-13-11-23(12-14-24)15-19-9-10-25(16-19)20(26)28-17-18-7-5-4-6-8-18/h4-8,19H,9-17H2,1-3H3/t19-/m1/s1. The number of piperazine rings is 1. The van der Waals surface area contributed by atoms with Crippen molar-refractivity contribution in [3.05, 3.63) is 35.9 Å². The summed E-state index contributed by atoms with van der Waals surface area (Å²) < 4.78 is 10.9. The van der Waals surface area contributed by atoms with Gasteiger partial charge in [0.1, 0.15) is 12.2 Å². The molecule has 0 aliphatic carbocycles. The van der Waals surface area contributed by atoms with Crippen molar-refractivity contribution in [2.24, 2.45) is 5.92 Å². The lowest BCUT2D eigenvalue weighted by atomic mass is 10.1. The summed E-state index contributed by atoms with van der Waals surface area (Å²) in [6, 6.07) is 9.74. The predicted molar refractivity (Wildman–Crippen MR) is 111 cm³/mol. The van der Waals surface area contributed by atoms with Gasteiger partial charge in [-0.3, -0.25) is 4.90 Å². The van der Waals surface area contributed by atoms with Gasteiger partial charge in [-0.05, 0) is 38.7 Å². The number of carbonyl (C=O) groups is 2. The summed E-state index contributed by atoms with van der Waals surface area (Å²) in [5.74, 6) is 0.451. The summed E-state index contributed by atoms with van der Waals surface area (Å²) in [5, 5.41) is 0. The summed E-state index contributed by atoms with van der Waals surface area (Å²) in [7, 11) is 0. The second-order valence-electron chi connectivity index (χ2n) is 8.91. The summed E-state index contributed by atoms with van der Waals surface area (Å²) in [5.41, 5.74) is 0.538. The number of carbonyl (C=O) groups excluding carboxylic acids is 2. The molecular formula is C22H33N3O4. The molecule has 2 aliphatic heterocycles. The SMILES string of the molecule is CC(C)(C)OC(=O)N1CCN(C[C@H]2CCN(C(=O)OCc3ccccc3)C2)CC1. The van der Waals surface area contributed by atoms with Crippen molar-refractivity contribution in [1.82, 2.24) is 14.7 Å². The van der Waals surface area contributed by atoms with E-state index in [1.165, 1.54) is 0 Å². The van der Waals surface area contributed by atoms with Crippen LogP contribution >= 0.6 is 0 Å². The molecule has 0 unspecified atom stereocenters. The van der Waals surface area contributed by atoms with E-state index < -0.39 is 5.60 Å². The third-order valence-electron chi connectivity index (χ3n) is 5.29. The van der Waals surface area contributed by atoms with Gasteiger partial charge in [-0.1, -0.05) is 30.3 Å². The van der Waals surface area contributed by atoms with Crippen LogP contribution in [-0.2, 0) is 16.1 Å². The van der Waals surface area contributed by atoms with Crippen LogP contribution < -0.4 is 0 Å². The Morgan fingerprint density at radius 1 is 0.966 bits per heavy atom. The first-order valence-electron chi connectivity index (χ1n) is 10.5. The molecule has 0 saturated carbocycles. The molecule has 0 N–H and O–H groups in total. The van der Waals surface area contributed by atoms with Gasteiger partial charge in [-0.15, -0.1) is 0 Å². The van der Waals surface area contributed by atoms with Gasteiger partial charge in [0.25, 0.3) is 0 Å². The van der Waals surface area contributed by atoms with Crippen molar-refractivity contribution in [3.63, 3.8) is 0 Å². The summed E-state index contributed by atoms with van der Waals surface area (Å²) in [6.07, 6.45) is 0.531. The Hall–Kier alpha value is -2.28. The molecule has 29 heavy (non-hydrogen) atoms. The maximum Gasteiger partial charge on any atom is 0.410 e. The predicted octanol–water partition coefficient (Wildman–Crippen LogP) is 3.20. The van der Waals surface area contributed by atoms with Gasteiger partial charge in [0.15, 0.2) is 0 Å². The zero-order chi connectivity index (χ0) is 20.9. The first-order valence-corrected chi connectivity index (χ1v) is 10.5. The van der Waals surface area contributed by atoms with E-state index in [9.17, 15) is 9.59 Å². The van der Waals surface area contributed by atoms with E-state index in [0.29, 0.717) is 25.6 Å². The minimum Gasteiger partial charge on any atom is -0.445 e. The quantitative estimate of drug-likeness (QED) is 0.773. The molecule has 0 spiro atoms. The fraction of sp³-hybridized carbons (Fsp3) is 0.636. The molecule has 1 atom stereocenters. The van der Waals surface area contributed by atoms with E-state index in [2.05, 4.69) is 4.90 Å². The molecule has 160 valence electrons. The van der Waals surface area contributed by atoms with Gasteiger partial charge < -0.3 is 19.3 Å². The van der Waals surface area contributed by atoms with Crippen LogP contribution in [0.3, 0.4) is 0 Å². The van der Waals surface area contributed by atoms with Crippen molar-refractivity contribution in [2.45, 2.75) is 39.4 Å². The Balaban J connectivity index is 1.36. The van der Waals surface area contributed by atoms with E-state index in [1.807, 2.05) is 56.0 Å². The molecule has 2 amide bonds. The lowest BCUT2D eigenvalue weighted by Crippen LogP contribution is -2.51. The van der Waals surface area contributed by atoms with Gasteiger partial charge >= 0.3 is 12.2 Å². The molecule has 1 aromatic carbocycles. The molecule has 1 aromatic rings. The second kappa shape index (κ2) is 9.48. The van der Waals surface area contributed by atoms with Crippen molar-refractivity contribution < 1.29 is 19.1 Å². The Bertz CT molecular complexity index is 681. The van der Waals surface area contributed by atoms with Crippen LogP contribution in [0.2, 0.25) is 0 Å². The molecule has 0 radical (unpaired) electrons. The smallest absolute Gasteiger partial charge is 0.410 e. The van der Waals surface area contributed by atoms with E-state index in [0.717, 1.165) is 44.7 Å². The first kappa shape index (κ1) is 21.4. The van der Waals surface area contributed by atoms with Crippen LogP contribution in [-0.4, -0.2) is 78.3 Å². The normalized spacial score (nSPS) is 20.6. The molecule has 3 rings (SSSR count). The van der Waals surface area contributed by atoms with Gasteiger partial charge in [-0.2, -0.15) is 0 Å². The molecule has 7 nitrogen and oxygen atoms in total. The molecular weight excluding hydrogens is 370 g/mol. The topological polar surface area (TPSA) is 62.3 Å². The molecule has 2 aliphatic rings. The van der Waals surface area contributed by atoms with Crippen molar-refractivity contribution in [3.8, 4) is 0 Å². The maximum absolute atomic E-state index is 12.3. The number of nitrogens with zero attached hydrogens (tertiary/aromatic N) is 3. The maximum atomic E-state index is 12.3. The Labute approximate surface area is 173 Å². The summed E-state index contributed by atoms with van der Waals surface area (Å²) in [6.45, 7) is 11.5. The van der Waals surface area contributed by atoms with Gasteiger partial charge in [0.05, 0.1) is 0 Å². The summed E-state index contributed by atoms with van der Waals surface area (Å²) >= 11 is 0. The van der Waals surface area contributed by atoms with E-state index in [4.69, 9.17) is 9.47 Å². The largest absolute Gasteiger partial charge is 0.445 e. The highest BCUT2D eigenvalue weighted by molar-refractivity contribution is 5.68. The minimum atomic E-state index is -0.462. The van der Waals surface area contributed by atoms with Crippen LogP contribution in [0.1, 0.15) is 32.8 Å². The highest BCUT2D eigenvalue weighted by Crippen LogP contribution is 2.20. The molecule has 2 fully saturated rings. The lowest BCUT2D eigenvalue weighted by Gasteiger charge is -2.36. The van der Waals surface area contributed by atoms with E-state index >= 15 is 0 Å². The monoisotopic (exact) mass is 403 g/mol. The van der Waals surface area contributed by atoms with Gasteiger partial charge in [0, 0.05) is 45.8 Å². The van der Waals surface area contributed by atoms with Crippen LogP contribution in [0.25, 0.3) is 0 Å². The lowest BCUT2D eigenvalue weighted by molar-refractivity contribution is 0.0133. The van der Waals surface area contributed by atoms with Crippen molar-refractivity contribution >= 4 is 12.2 Å². The molecule has 7 heteroatoms. The van der Waals surface area contributed by atoms with Crippen LogP contribution in [0.4, 0.5) is 9.59 Å². The van der Waals surface area contributed by atoms with Crippen LogP contribution in [0.15, 0.2) is 30.3 Å². The number of benzene rings is 1. The minimum absolute atomic E-state index is 0.230. The number of likely N-dealkylation sites (tertiary alicyclic amines) is 1. The average Bonchev–Trinajstić information content (AvgIpc) is 3.15. The van der Waals surface area contributed by atoms with Crippen molar-refractivity contribution in [2.75, 3.05) is 45.8 Å². The van der Waals surface area contributed by atoms with E-state index in [-0.39, 0.29) is 12.2 Å². The molecule has 0 bridgehead atoms. The van der Waals surface area contributed by atoms with E-state index in [1.54, 1.807) is 4.90 Å². The van der Waals surface area contributed by atoms with Crippen LogP contribution in [0, 0.1) is 5.92 Å². The fourth-order valence-electron chi connectivity index (χ4n) is 3.76. The highest BCUT2D eigenvalue weighted by atomic mass is 16.6. The van der Waals surface area contributed by atoms with Gasteiger partial charge in [0.2, 0.25) is 0 Å². The zero-order valence-electron chi connectivity index (χ0n) is 17.8. The average molecular weight is 404 g/mol. The number of ether oxygens (including phenoxy) is 2. The molecule has 2 saturated heterocycles. The Morgan fingerprint density at radius 2 is 1.66 bits per heavy atom. The summed E-state index contributed by atoms with van der Waals surface area (Å²) in [4.78, 5) is 30.5. The fourth-order valence-corrected chi connectivity index (χ4v) is 3.76. The number of amides is 2. The van der Waals surface area contributed by atoms with Crippen molar-refractivity contribution in [1.29, 1.82) is 0 Å². The Morgan fingerprint density at radius 3 is 2.31 bits per heavy atom.